The molecule has 0 radical (unpaired) electrons. The zero-order valence-electron chi connectivity index (χ0n) is 12.7. The molecular weight excluding hydrogens is 292 g/mol. The van der Waals surface area contributed by atoms with Gasteiger partial charge >= 0.3 is 0 Å². The van der Waals surface area contributed by atoms with Crippen molar-refractivity contribution in [2.45, 2.75) is 12.6 Å². The van der Waals surface area contributed by atoms with Crippen LogP contribution in [0.3, 0.4) is 0 Å². The Morgan fingerprint density at radius 1 is 1.30 bits per heavy atom. The van der Waals surface area contributed by atoms with E-state index in [4.69, 9.17) is 4.84 Å². The Hall–Kier alpha value is -2.89. The molecule has 23 heavy (non-hydrogen) atoms. The van der Waals surface area contributed by atoms with Crippen LogP contribution >= 0.6 is 0 Å². The first-order valence-corrected chi connectivity index (χ1v) is 7.50. The van der Waals surface area contributed by atoms with Crippen LogP contribution in [0.2, 0.25) is 0 Å². The van der Waals surface area contributed by atoms with Crippen LogP contribution in [0.5, 0.6) is 0 Å². The number of carbonyl (C=O) groups excluding carboxylic acids is 1. The number of nitrogens with zero attached hydrogens (tertiary/aromatic N) is 3. The molecule has 2 aliphatic heterocycles. The van der Waals surface area contributed by atoms with Crippen molar-refractivity contribution < 1.29 is 9.63 Å². The van der Waals surface area contributed by atoms with E-state index >= 15 is 0 Å². The fourth-order valence-corrected chi connectivity index (χ4v) is 3.29. The molecule has 116 valence electrons. The zero-order valence-corrected chi connectivity index (χ0v) is 12.7. The minimum absolute atomic E-state index is 0.0781. The number of pyridine rings is 1. The number of amides is 1. The van der Waals surface area contributed by atoms with Gasteiger partial charge in [0.15, 0.2) is 0 Å². The number of benzene rings is 1. The van der Waals surface area contributed by atoms with Crippen molar-refractivity contribution in [1.82, 2.24) is 10.3 Å². The summed E-state index contributed by atoms with van der Waals surface area (Å²) < 4.78 is 0. The summed E-state index contributed by atoms with van der Waals surface area (Å²) in [4.78, 5) is 23.9. The molecule has 1 aromatic heterocycles. The summed E-state index contributed by atoms with van der Waals surface area (Å²) in [5, 5.41) is 7.20. The van der Waals surface area contributed by atoms with Crippen molar-refractivity contribution in [1.29, 1.82) is 0 Å². The smallest absolute Gasteiger partial charge is 0.255 e. The molecule has 4 rings (SSSR count). The molecule has 0 spiro atoms. The summed E-state index contributed by atoms with van der Waals surface area (Å²) >= 11 is 0. The Bertz CT molecular complexity index is 788. The topological polar surface area (TPSA) is 66.8 Å². The normalized spacial score (nSPS) is 20.9. The molecule has 1 amide bonds. The molecule has 6 heteroatoms. The zero-order chi connectivity index (χ0) is 15.8. The lowest BCUT2D eigenvalue weighted by Gasteiger charge is -2.42. The third-order valence-corrected chi connectivity index (χ3v) is 4.25. The van der Waals surface area contributed by atoms with Crippen LogP contribution in [0.1, 0.15) is 34.1 Å². The first-order chi connectivity index (χ1) is 11.3. The Morgan fingerprint density at radius 3 is 2.96 bits per heavy atom. The monoisotopic (exact) mass is 308 g/mol. The van der Waals surface area contributed by atoms with Gasteiger partial charge in [-0.05, 0) is 12.1 Å². The van der Waals surface area contributed by atoms with Crippen molar-refractivity contribution in [2.75, 3.05) is 18.6 Å². The molecule has 6 nitrogen and oxygen atoms in total. The number of para-hydroxylation sites is 1. The van der Waals surface area contributed by atoms with Crippen LogP contribution < -0.4 is 10.2 Å². The number of rotatable bonds is 2. The Kier molecular flexibility index (Phi) is 3.22. The Balaban J connectivity index is 1.87. The van der Waals surface area contributed by atoms with Crippen LogP contribution in [0.4, 0.5) is 5.69 Å². The average Bonchev–Trinajstić information content (AvgIpc) is 2.60. The molecule has 1 N–H and O–H groups in total. The summed E-state index contributed by atoms with van der Waals surface area (Å²) in [6, 6.07) is 9.57. The van der Waals surface area contributed by atoms with Crippen molar-refractivity contribution in [3.8, 4) is 0 Å². The number of hydrogen-bond donors (Lipinski definition) is 1. The van der Waals surface area contributed by atoms with Gasteiger partial charge in [-0.3, -0.25) is 9.78 Å². The summed E-state index contributed by atoms with van der Waals surface area (Å²) in [6.45, 7) is 0.756. The number of carbonyl (C=O) groups is 1. The molecule has 2 aliphatic rings. The minimum Gasteiger partial charge on any atom is -0.399 e. The molecule has 0 saturated heterocycles. The first-order valence-electron chi connectivity index (χ1n) is 7.50. The lowest BCUT2D eigenvalue weighted by atomic mass is 9.92. The fourth-order valence-electron chi connectivity index (χ4n) is 3.29. The molecule has 0 aliphatic carbocycles. The predicted molar refractivity (Wildman–Crippen MR) is 86.4 cm³/mol. The van der Waals surface area contributed by atoms with Gasteiger partial charge in [0.1, 0.15) is 13.3 Å². The van der Waals surface area contributed by atoms with Crippen LogP contribution in [-0.4, -0.2) is 30.3 Å². The Morgan fingerprint density at radius 2 is 2.17 bits per heavy atom. The molecule has 1 unspecified atom stereocenters. The fraction of sp³-hybridized carbons (Fsp3) is 0.235. The lowest BCUT2D eigenvalue weighted by Crippen LogP contribution is -2.49. The third-order valence-electron chi connectivity index (χ3n) is 4.25. The first kappa shape index (κ1) is 13.8. The number of aromatic nitrogens is 1. The highest BCUT2D eigenvalue weighted by Gasteiger charge is 2.37. The second-order valence-corrected chi connectivity index (χ2v) is 5.53. The van der Waals surface area contributed by atoms with Crippen molar-refractivity contribution in [2.24, 2.45) is 5.16 Å². The summed E-state index contributed by atoms with van der Waals surface area (Å²) in [7, 11) is 1.54. The molecule has 2 aromatic rings. The summed E-state index contributed by atoms with van der Waals surface area (Å²) in [6.07, 6.45) is 4.07. The third kappa shape index (κ3) is 2.14. The van der Waals surface area contributed by atoms with E-state index in [9.17, 15) is 4.79 Å². The molecule has 1 atom stereocenters. The second-order valence-electron chi connectivity index (χ2n) is 5.53. The number of hydrogen-bond acceptors (Lipinski definition) is 5. The van der Waals surface area contributed by atoms with Gasteiger partial charge in [-0.2, -0.15) is 0 Å². The van der Waals surface area contributed by atoms with Crippen molar-refractivity contribution in [3.05, 3.63) is 59.4 Å². The Labute approximate surface area is 133 Å². The second kappa shape index (κ2) is 5.39. The van der Waals surface area contributed by atoms with Crippen molar-refractivity contribution >= 4 is 17.3 Å². The maximum Gasteiger partial charge on any atom is 0.255 e. The van der Waals surface area contributed by atoms with Gasteiger partial charge < -0.3 is 15.1 Å². The van der Waals surface area contributed by atoms with Gasteiger partial charge in [0.2, 0.25) is 0 Å². The molecule has 3 heterocycles. The van der Waals surface area contributed by atoms with E-state index < -0.39 is 0 Å². The molecule has 0 saturated carbocycles. The van der Waals surface area contributed by atoms with Crippen LogP contribution in [-0.2, 0) is 4.84 Å². The minimum atomic E-state index is -0.214. The van der Waals surface area contributed by atoms with Crippen LogP contribution in [0, 0.1) is 0 Å². The van der Waals surface area contributed by atoms with E-state index in [0.29, 0.717) is 5.56 Å². The molecule has 0 fully saturated rings. The summed E-state index contributed by atoms with van der Waals surface area (Å²) in [5.74, 6) is -0.0781. The molecule has 1 aromatic carbocycles. The van der Waals surface area contributed by atoms with Gasteiger partial charge in [0.25, 0.3) is 5.91 Å². The number of oxime groups is 1. The van der Waals surface area contributed by atoms with Gasteiger partial charge in [-0.15, -0.1) is 0 Å². The van der Waals surface area contributed by atoms with Gasteiger partial charge in [-0.25, -0.2) is 0 Å². The van der Waals surface area contributed by atoms with E-state index in [1.807, 2.05) is 30.3 Å². The predicted octanol–water partition coefficient (Wildman–Crippen LogP) is 2.08. The van der Waals surface area contributed by atoms with Crippen LogP contribution in [0.25, 0.3) is 0 Å². The lowest BCUT2D eigenvalue weighted by molar-refractivity contribution is 0.0926. The van der Waals surface area contributed by atoms with Gasteiger partial charge in [-0.1, -0.05) is 23.4 Å². The number of anilines is 1. The van der Waals surface area contributed by atoms with Gasteiger partial charge in [0, 0.05) is 36.5 Å². The standard InChI is InChI=1S/C17H16N4O2/c1-23-20-14-7-9-21-15-12(14)5-2-6-13(15)17(22)19-16(21)11-4-3-8-18-10-11/h2-6,8,10,16H,7,9H2,1H3,(H,19,22)/b20-14-. The van der Waals surface area contributed by atoms with Crippen molar-refractivity contribution in [3.63, 3.8) is 0 Å². The highest BCUT2D eigenvalue weighted by atomic mass is 16.6. The quantitative estimate of drug-likeness (QED) is 0.863. The van der Waals surface area contributed by atoms with E-state index in [-0.39, 0.29) is 12.1 Å². The van der Waals surface area contributed by atoms with Gasteiger partial charge in [0.05, 0.1) is 17.0 Å². The SMILES string of the molecule is CO/N=C1/CCN2c3c(cccc31)C(=O)NC2c1cccnc1. The average molecular weight is 308 g/mol. The molecular formula is C17H16N4O2. The van der Waals surface area contributed by atoms with Crippen LogP contribution in [0.15, 0.2) is 47.9 Å². The largest absolute Gasteiger partial charge is 0.399 e. The highest BCUT2D eigenvalue weighted by molar-refractivity contribution is 6.13. The van der Waals surface area contributed by atoms with E-state index in [1.54, 1.807) is 19.5 Å². The van der Waals surface area contributed by atoms with E-state index in [0.717, 1.165) is 35.5 Å². The summed E-state index contributed by atoms with van der Waals surface area (Å²) in [5.41, 5.74) is 4.39. The maximum absolute atomic E-state index is 12.5. The maximum atomic E-state index is 12.5. The molecule has 0 bridgehead atoms. The van der Waals surface area contributed by atoms with E-state index in [1.165, 1.54) is 0 Å². The highest BCUT2D eigenvalue weighted by Crippen LogP contribution is 2.39. The number of nitrogens with one attached hydrogen (secondary N) is 1. The van der Waals surface area contributed by atoms with E-state index in [2.05, 4.69) is 20.4 Å².